The lowest BCUT2D eigenvalue weighted by molar-refractivity contribution is 0.0974. The van der Waals surface area contributed by atoms with Crippen molar-refractivity contribution in [3.63, 3.8) is 0 Å². The van der Waals surface area contributed by atoms with E-state index in [2.05, 4.69) is 61.0 Å². The van der Waals surface area contributed by atoms with Crippen LogP contribution < -0.4 is 0 Å². The highest BCUT2D eigenvalue weighted by Crippen LogP contribution is 2.28. The zero-order chi connectivity index (χ0) is 20.6. The molecular weight excluding hydrogens is 424 g/mol. The molecule has 0 atom stereocenters. The van der Waals surface area contributed by atoms with Crippen molar-refractivity contribution in [2.75, 3.05) is 0 Å². The number of halogens is 1. The molecule has 3 aromatic carbocycles. The maximum Gasteiger partial charge on any atom is 0.182 e. The SMILES string of the molecule is CC(C)(C)c1ccc(-c2nc3ccccc3n2CC(=O)c2ccc(Br)cc2)cc1. The molecule has 0 N–H and O–H groups in total. The van der Waals surface area contributed by atoms with Gasteiger partial charge in [-0.15, -0.1) is 0 Å². The molecule has 1 aromatic heterocycles. The Kier molecular flexibility index (Phi) is 5.13. The number of rotatable bonds is 4. The van der Waals surface area contributed by atoms with Gasteiger partial charge in [0.25, 0.3) is 0 Å². The quantitative estimate of drug-likeness (QED) is 0.329. The topological polar surface area (TPSA) is 34.9 Å². The van der Waals surface area contributed by atoms with Crippen molar-refractivity contribution in [1.29, 1.82) is 0 Å². The number of para-hydroxylation sites is 2. The number of Topliss-reactive ketones (excluding diaryl/α,β-unsaturated/α-hetero) is 1. The van der Waals surface area contributed by atoms with E-state index in [1.807, 2.05) is 53.1 Å². The van der Waals surface area contributed by atoms with Gasteiger partial charge in [-0.3, -0.25) is 4.79 Å². The molecule has 0 saturated carbocycles. The Morgan fingerprint density at radius 1 is 0.931 bits per heavy atom. The molecule has 29 heavy (non-hydrogen) atoms. The van der Waals surface area contributed by atoms with Crippen LogP contribution in [0.5, 0.6) is 0 Å². The summed E-state index contributed by atoms with van der Waals surface area (Å²) < 4.78 is 2.98. The largest absolute Gasteiger partial charge is 0.316 e. The minimum atomic E-state index is 0.0632. The van der Waals surface area contributed by atoms with Crippen LogP contribution in [0.25, 0.3) is 22.4 Å². The Morgan fingerprint density at radius 3 is 2.24 bits per heavy atom. The predicted octanol–water partition coefficient (Wildman–Crippen LogP) is 6.65. The van der Waals surface area contributed by atoms with Crippen molar-refractivity contribution in [3.8, 4) is 11.4 Å². The zero-order valence-corrected chi connectivity index (χ0v) is 18.4. The molecule has 1 heterocycles. The molecule has 4 heteroatoms. The summed E-state index contributed by atoms with van der Waals surface area (Å²) in [5.41, 5.74) is 4.93. The number of hydrogen-bond acceptors (Lipinski definition) is 2. The summed E-state index contributed by atoms with van der Waals surface area (Å²) >= 11 is 3.42. The molecule has 4 aromatic rings. The molecule has 0 aliphatic heterocycles. The van der Waals surface area contributed by atoms with E-state index in [1.165, 1.54) is 5.56 Å². The number of carbonyl (C=O) groups excluding carboxylic acids is 1. The van der Waals surface area contributed by atoms with Crippen LogP contribution in [-0.2, 0) is 12.0 Å². The first-order valence-electron chi connectivity index (χ1n) is 9.68. The Morgan fingerprint density at radius 2 is 1.59 bits per heavy atom. The summed E-state index contributed by atoms with van der Waals surface area (Å²) in [4.78, 5) is 17.8. The van der Waals surface area contributed by atoms with Gasteiger partial charge in [0.1, 0.15) is 5.82 Å². The number of fused-ring (bicyclic) bond motifs is 1. The van der Waals surface area contributed by atoms with Crippen molar-refractivity contribution in [3.05, 3.63) is 88.4 Å². The van der Waals surface area contributed by atoms with E-state index in [4.69, 9.17) is 4.98 Å². The molecule has 0 amide bonds. The lowest BCUT2D eigenvalue weighted by Gasteiger charge is -2.19. The summed E-state index contributed by atoms with van der Waals surface area (Å²) in [7, 11) is 0. The lowest BCUT2D eigenvalue weighted by Crippen LogP contribution is -2.12. The molecule has 3 nitrogen and oxygen atoms in total. The fourth-order valence-corrected chi connectivity index (χ4v) is 3.71. The molecular formula is C25H23BrN2O. The van der Waals surface area contributed by atoms with Crippen molar-refractivity contribution in [2.24, 2.45) is 0 Å². The Bertz CT molecular complexity index is 1170. The van der Waals surface area contributed by atoms with Crippen molar-refractivity contribution in [2.45, 2.75) is 32.7 Å². The minimum Gasteiger partial charge on any atom is -0.316 e. The number of imidazole rings is 1. The van der Waals surface area contributed by atoms with Crippen LogP contribution in [-0.4, -0.2) is 15.3 Å². The average molecular weight is 447 g/mol. The maximum atomic E-state index is 13.0. The number of ketones is 1. The second-order valence-electron chi connectivity index (χ2n) is 8.27. The second kappa shape index (κ2) is 7.60. The predicted molar refractivity (Wildman–Crippen MR) is 122 cm³/mol. The number of aromatic nitrogens is 2. The van der Waals surface area contributed by atoms with E-state index in [0.29, 0.717) is 5.56 Å². The van der Waals surface area contributed by atoms with Gasteiger partial charge in [-0.2, -0.15) is 0 Å². The van der Waals surface area contributed by atoms with Crippen LogP contribution in [0.1, 0.15) is 36.7 Å². The standard InChI is InChI=1S/C25H23BrN2O/c1-25(2,3)19-12-8-18(9-13-19)24-27-21-6-4-5-7-22(21)28(24)16-23(29)17-10-14-20(26)15-11-17/h4-15H,16H2,1-3H3. The van der Waals surface area contributed by atoms with E-state index in [0.717, 1.165) is 26.9 Å². The van der Waals surface area contributed by atoms with Crippen molar-refractivity contribution < 1.29 is 4.79 Å². The van der Waals surface area contributed by atoms with Crippen molar-refractivity contribution >= 4 is 32.7 Å². The monoisotopic (exact) mass is 446 g/mol. The number of nitrogens with zero attached hydrogens (tertiary/aromatic N) is 2. The molecule has 0 saturated heterocycles. The lowest BCUT2D eigenvalue weighted by atomic mass is 9.87. The van der Waals surface area contributed by atoms with E-state index < -0.39 is 0 Å². The molecule has 0 unspecified atom stereocenters. The van der Waals surface area contributed by atoms with Gasteiger partial charge in [-0.1, -0.05) is 85.2 Å². The molecule has 4 rings (SSSR count). The molecule has 0 aliphatic carbocycles. The van der Waals surface area contributed by atoms with Gasteiger partial charge < -0.3 is 4.57 Å². The van der Waals surface area contributed by atoms with Crippen LogP contribution in [0.4, 0.5) is 0 Å². The van der Waals surface area contributed by atoms with Gasteiger partial charge in [-0.05, 0) is 35.2 Å². The van der Waals surface area contributed by atoms with Gasteiger partial charge >= 0.3 is 0 Å². The molecule has 0 spiro atoms. The first-order valence-corrected chi connectivity index (χ1v) is 10.5. The van der Waals surface area contributed by atoms with Crippen LogP contribution in [0.3, 0.4) is 0 Å². The Labute approximate surface area is 179 Å². The normalized spacial score (nSPS) is 11.7. The van der Waals surface area contributed by atoms with Gasteiger partial charge in [0.05, 0.1) is 17.6 Å². The van der Waals surface area contributed by atoms with Crippen LogP contribution in [0.15, 0.2) is 77.3 Å². The highest BCUT2D eigenvalue weighted by Gasteiger charge is 2.18. The molecule has 0 bridgehead atoms. The first-order chi connectivity index (χ1) is 13.8. The molecule has 146 valence electrons. The molecule has 0 fully saturated rings. The smallest absolute Gasteiger partial charge is 0.182 e. The van der Waals surface area contributed by atoms with E-state index in [9.17, 15) is 4.79 Å². The molecule has 0 radical (unpaired) electrons. The third-order valence-electron chi connectivity index (χ3n) is 5.13. The van der Waals surface area contributed by atoms with E-state index in [-0.39, 0.29) is 17.7 Å². The number of hydrogen-bond donors (Lipinski definition) is 0. The summed E-state index contributed by atoms with van der Waals surface area (Å²) in [5.74, 6) is 0.880. The maximum absolute atomic E-state index is 13.0. The highest BCUT2D eigenvalue weighted by atomic mass is 79.9. The summed E-state index contributed by atoms with van der Waals surface area (Å²) in [5, 5.41) is 0. The second-order valence-corrected chi connectivity index (χ2v) is 9.18. The average Bonchev–Trinajstić information content (AvgIpc) is 3.06. The first kappa shape index (κ1) is 19.6. The third kappa shape index (κ3) is 4.03. The molecule has 0 aliphatic rings. The van der Waals surface area contributed by atoms with Crippen LogP contribution in [0, 0.1) is 0 Å². The fraction of sp³-hybridized carbons (Fsp3) is 0.200. The van der Waals surface area contributed by atoms with Gasteiger partial charge in [0, 0.05) is 15.6 Å². The highest BCUT2D eigenvalue weighted by molar-refractivity contribution is 9.10. The zero-order valence-electron chi connectivity index (χ0n) is 16.8. The summed E-state index contributed by atoms with van der Waals surface area (Å²) in [6.45, 7) is 6.86. The fourth-order valence-electron chi connectivity index (χ4n) is 3.45. The third-order valence-corrected chi connectivity index (χ3v) is 5.66. The van der Waals surface area contributed by atoms with Crippen LogP contribution in [0.2, 0.25) is 0 Å². The van der Waals surface area contributed by atoms with E-state index in [1.54, 1.807) is 0 Å². The van der Waals surface area contributed by atoms with Gasteiger partial charge in [-0.25, -0.2) is 4.98 Å². The Balaban J connectivity index is 1.77. The Hall–Kier alpha value is -2.72. The summed E-state index contributed by atoms with van der Waals surface area (Å²) in [6.07, 6.45) is 0. The number of carbonyl (C=O) groups is 1. The minimum absolute atomic E-state index is 0.0632. The van der Waals surface area contributed by atoms with E-state index >= 15 is 0 Å². The number of benzene rings is 3. The van der Waals surface area contributed by atoms with Crippen molar-refractivity contribution in [1.82, 2.24) is 9.55 Å². The van der Waals surface area contributed by atoms with Gasteiger partial charge in [0.2, 0.25) is 0 Å². The van der Waals surface area contributed by atoms with Gasteiger partial charge in [0.15, 0.2) is 5.78 Å². The van der Waals surface area contributed by atoms with Crippen LogP contribution >= 0.6 is 15.9 Å². The summed E-state index contributed by atoms with van der Waals surface area (Å²) in [6, 6.07) is 24.0.